The number of methoxy groups -OCH3 is 1. The van der Waals surface area contributed by atoms with E-state index in [1.54, 1.807) is 7.11 Å². The fourth-order valence-corrected chi connectivity index (χ4v) is 4.84. The summed E-state index contributed by atoms with van der Waals surface area (Å²) in [5.41, 5.74) is 4.62. The number of amides is 1. The normalized spacial score (nSPS) is 14.4. The monoisotopic (exact) mass is 450 g/mol. The van der Waals surface area contributed by atoms with Gasteiger partial charge in [0.25, 0.3) is 5.91 Å². The fourth-order valence-electron chi connectivity index (χ4n) is 3.98. The van der Waals surface area contributed by atoms with Gasteiger partial charge in [0.2, 0.25) is 0 Å². The molecular weight excluding hydrogens is 420 g/mol. The van der Waals surface area contributed by atoms with Crippen molar-refractivity contribution in [3.8, 4) is 11.5 Å². The molecule has 1 aliphatic rings. The van der Waals surface area contributed by atoms with Crippen LogP contribution in [-0.2, 0) is 13.2 Å². The highest BCUT2D eigenvalue weighted by atomic mass is 32.1. The Balaban J connectivity index is 1.28. The zero-order valence-corrected chi connectivity index (χ0v) is 19.8. The van der Waals surface area contributed by atoms with Crippen molar-refractivity contribution in [2.75, 3.05) is 33.3 Å². The Morgan fingerprint density at radius 1 is 1.00 bits per heavy atom. The zero-order chi connectivity index (χ0) is 22.5. The molecule has 2 aromatic carbocycles. The average molecular weight is 451 g/mol. The molecule has 0 atom stereocenters. The Morgan fingerprint density at radius 3 is 2.56 bits per heavy atom. The van der Waals surface area contributed by atoms with E-state index in [1.165, 1.54) is 22.5 Å². The van der Waals surface area contributed by atoms with E-state index in [2.05, 4.69) is 43.0 Å². The van der Waals surface area contributed by atoms with E-state index >= 15 is 0 Å². The third kappa shape index (κ3) is 5.50. The number of aryl methyl sites for hydroxylation is 2. The molecule has 6 heteroatoms. The minimum atomic E-state index is 0.119. The summed E-state index contributed by atoms with van der Waals surface area (Å²) in [5.74, 6) is 1.89. The lowest BCUT2D eigenvalue weighted by atomic mass is 10.1. The van der Waals surface area contributed by atoms with Crippen LogP contribution in [0.5, 0.6) is 11.5 Å². The smallest absolute Gasteiger partial charge is 0.264 e. The molecule has 1 saturated heterocycles. The minimum absolute atomic E-state index is 0.119. The number of hydrogen-bond acceptors (Lipinski definition) is 5. The molecule has 2 heterocycles. The molecule has 1 amide bonds. The second kappa shape index (κ2) is 10.2. The molecule has 0 unspecified atom stereocenters. The Bertz CT molecular complexity index is 1070. The first-order valence-electron chi connectivity index (χ1n) is 10.9. The number of carbonyl (C=O) groups is 1. The Labute approximate surface area is 194 Å². The summed E-state index contributed by atoms with van der Waals surface area (Å²) in [6.45, 7) is 8.71. The molecule has 0 saturated carbocycles. The van der Waals surface area contributed by atoms with Crippen LogP contribution < -0.4 is 9.47 Å². The molecule has 1 fully saturated rings. The number of nitrogens with zero attached hydrogens (tertiary/aromatic N) is 2. The van der Waals surface area contributed by atoms with Gasteiger partial charge in [0.15, 0.2) is 0 Å². The van der Waals surface area contributed by atoms with Crippen LogP contribution >= 0.6 is 11.3 Å². The van der Waals surface area contributed by atoms with E-state index in [0.717, 1.165) is 60.2 Å². The maximum Gasteiger partial charge on any atom is 0.264 e. The van der Waals surface area contributed by atoms with Crippen LogP contribution in [0, 0.1) is 13.8 Å². The molecule has 0 spiro atoms. The standard InChI is InChI=1S/C26H30N2O3S/c1-19-7-8-24(20(2)13-19)31-17-22-15-25(32-18-22)26(29)28-11-9-27(10-12-28)16-21-5-4-6-23(14-21)30-3/h4-8,13-15,18H,9-12,16-17H2,1-3H3. The van der Waals surface area contributed by atoms with Gasteiger partial charge in [-0.05, 0) is 54.6 Å². The van der Waals surface area contributed by atoms with Gasteiger partial charge in [0.1, 0.15) is 18.1 Å². The molecule has 1 aliphatic heterocycles. The van der Waals surface area contributed by atoms with Crippen molar-refractivity contribution in [1.82, 2.24) is 9.80 Å². The molecule has 0 aliphatic carbocycles. The van der Waals surface area contributed by atoms with Gasteiger partial charge in [0, 0.05) is 38.3 Å². The Kier molecular flexibility index (Phi) is 7.12. The van der Waals surface area contributed by atoms with Crippen molar-refractivity contribution in [3.05, 3.63) is 81.0 Å². The van der Waals surface area contributed by atoms with Gasteiger partial charge in [-0.15, -0.1) is 11.3 Å². The first-order chi connectivity index (χ1) is 15.5. The van der Waals surface area contributed by atoms with Gasteiger partial charge in [-0.1, -0.05) is 29.8 Å². The second-order valence-corrected chi connectivity index (χ2v) is 9.21. The molecular formula is C26H30N2O3S. The lowest BCUT2D eigenvalue weighted by Crippen LogP contribution is -2.48. The molecule has 0 radical (unpaired) electrons. The second-order valence-electron chi connectivity index (χ2n) is 8.30. The highest BCUT2D eigenvalue weighted by Gasteiger charge is 2.23. The van der Waals surface area contributed by atoms with Crippen LogP contribution in [0.1, 0.15) is 31.9 Å². The summed E-state index contributed by atoms with van der Waals surface area (Å²) in [5, 5.41) is 2.02. The van der Waals surface area contributed by atoms with Crippen molar-refractivity contribution in [1.29, 1.82) is 0 Å². The summed E-state index contributed by atoms with van der Waals surface area (Å²) in [6.07, 6.45) is 0. The third-order valence-corrected chi connectivity index (χ3v) is 6.76. The van der Waals surface area contributed by atoms with Crippen molar-refractivity contribution in [2.45, 2.75) is 27.0 Å². The van der Waals surface area contributed by atoms with E-state index in [1.807, 2.05) is 34.5 Å². The number of ether oxygens (including phenoxy) is 2. The molecule has 3 aromatic rings. The lowest BCUT2D eigenvalue weighted by molar-refractivity contribution is 0.0633. The van der Waals surface area contributed by atoms with Crippen LogP contribution in [-0.4, -0.2) is 49.0 Å². The van der Waals surface area contributed by atoms with E-state index in [0.29, 0.717) is 6.61 Å². The first kappa shape index (κ1) is 22.4. The Morgan fingerprint density at radius 2 is 1.81 bits per heavy atom. The first-order valence-corrected chi connectivity index (χ1v) is 11.8. The third-order valence-electron chi connectivity index (χ3n) is 5.79. The van der Waals surface area contributed by atoms with E-state index < -0.39 is 0 Å². The topological polar surface area (TPSA) is 42.0 Å². The van der Waals surface area contributed by atoms with Crippen LogP contribution in [0.3, 0.4) is 0 Å². The number of piperazine rings is 1. The summed E-state index contributed by atoms with van der Waals surface area (Å²) in [4.78, 5) is 18.1. The molecule has 4 rings (SSSR count). The van der Waals surface area contributed by atoms with Crippen LogP contribution in [0.2, 0.25) is 0 Å². The Hall–Kier alpha value is -2.83. The van der Waals surface area contributed by atoms with E-state index in [-0.39, 0.29) is 5.91 Å². The number of carbonyl (C=O) groups excluding carboxylic acids is 1. The van der Waals surface area contributed by atoms with Gasteiger partial charge in [-0.25, -0.2) is 0 Å². The van der Waals surface area contributed by atoms with Gasteiger partial charge < -0.3 is 14.4 Å². The van der Waals surface area contributed by atoms with Gasteiger partial charge in [-0.2, -0.15) is 0 Å². The quantitative estimate of drug-likeness (QED) is 0.513. The van der Waals surface area contributed by atoms with Crippen molar-refractivity contribution in [2.24, 2.45) is 0 Å². The summed E-state index contributed by atoms with van der Waals surface area (Å²) in [6, 6.07) is 16.3. The number of hydrogen-bond donors (Lipinski definition) is 0. The predicted molar refractivity (Wildman–Crippen MR) is 129 cm³/mol. The number of rotatable bonds is 7. The largest absolute Gasteiger partial charge is 0.497 e. The highest BCUT2D eigenvalue weighted by Crippen LogP contribution is 2.23. The predicted octanol–water partition coefficient (Wildman–Crippen LogP) is 4.91. The minimum Gasteiger partial charge on any atom is -0.497 e. The van der Waals surface area contributed by atoms with Gasteiger partial charge >= 0.3 is 0 Å². The van der Waals surface area contributed by atoms with Crippen molar-refractivity contribution < 1.29 is 14.3 Å². The summed E-state index contributed by atoms with van der Waals surface area (Å²) >= 11 is 1.50. The molecule has 5 nitrogen and oxygen atoms in total. The fraction of sp³-hybridized carbons (Fsp3) is 0.346. The molecule has 0 bridgehead atoms. The number of benzene rings is 2. The summed E-state index contributed by atoms with van der Waals surface area (Å²) in [7, 11) is 1.69. The molecule has 32 heavy (non-hydrogen) atoms. The van der Waals surface area contributed by atoms with Gasteiger partial charge in [-0.3, -0.25) is 9.69 Å². The van der Waals surface area contributed by atoms with Gasteiger partial charge in [0.05, 0.1) is 12.0 Å². The zero-order valence-electron chi connectivity index (χ0n) is 19.0. The molecule has 168 valence electrons. The average Bonchev–Trinajstić information content (AvgIpc) is 3.28. The lowest BCUT2D eigenvalue weighted by Gasteiger charge is -2.34. The van der Waals surface area contributed by atoms with Crippen molar-refractivity contribution in [3.63, 3.8) is 0 Å². The maximum absolute atomic E-state index is 13.0. The SMILES string of the molecule is COc1cccc(CN2CCN(C(=O)c3cc(COc4ccc(C)cc4C)cs3)CC2)c1. The summed E-state index contributed by atoms with van der Waals surface area (Å²) < 4.78 is 11.3. The highest BCUT2D eigenvalue weighted by molar-refractivity contribution is 7.12. The number of thiophene rings is 1. The van der Waals surface area contributed by atoms with Crippen LogP contribution in [0.4, 0.5) is 0 Å². The molecule has 1 aromatic heterocycles. The molecule has 0 N–H and O–H groups in total. The van der Waals surface area contributed by atoms with E-state index in [9.17, 15) is 4.79 Å². The maximum atomic E-state index is 13.0. The van der Waals surface area contributed by atoms with E-state index in [4.69, 9.17) is 9.47 Å². The van der Waals surface area contributed by atoms with Crippen molar-refractivity contribution >= 4 is 17.2 Å². The van der Waals surface area contributed by atoms with Crippen LogP contribution in [0.15, 0.2) is 53.9 Å². The van der Waals surface area contributed by atoms with Crippen LogP contribution in [0.25, 0.3) is 0 Å².